The van der Waals surface area contributed by atoms with Gasteiger partial charge in [0.2, 0.25) is 5.91 Å². The van der Waals surface area contributed by atoms with Crippen LogP contribution < -0.4 is 10.9 Å². The molecule has 1 aromatic carbocycles. The van der Waals surface area contributed by atoms with Crippen LogP contribution in [0.15, 0.2) is 23.3 Å². The van der Waals surface area contributed by atoms with Crippen molar-refractivity contribution in [2.45, 2.75) is 27.3 Å². The van der Waals surface area contributed by atoms with E-state index in [1.165, 1.54) is 22.2 Å². The van der Waals surface area contributed by atoms with Crippen molar-refractivity contribution in [3.8, 4) is 0 Å². The lowest BCUT2D eigenvalue weighted by atomic mass is 10.2. The smallest absolute Gasteiger partial charge is 0.256 e. The monoisotopic (exact) mass is 362 g/mol. The third kappa shape index (κ3) is 3.05. The highest BCUT2D eigenvalue weighted by molar-refractivity contribution is 7.22. The first kappa shape index (κ1) is 16.6. The Labute approximate surface area is 147 Å². The Morgan fingerprint density at radius 3 is 2.79 bits per heavy atom. The number of thiazole rings is 1. The van der Waals surface area contributed by atoms with Crippen molar-refractivity contribution in [3.63, 3.8) is 0 Å². The van der Waals surface area contributed by atoms with Gasteiger partial charge in [-0.1, -0.05) is 22.9 Å². The maximum Gasteiger partial charge on any atom is 0.256 e. The number of nitrogens with zero attached hydrogens (tertiary/aromatic N) is 3. The average molecular weight is 363 g/mol. The van der Waals surface area contributed by atoms with E-state index in [1.54, 1.807) is 13.8 Å². The van der Waals surface area contributed by atoms with Crippen LogP contribution in [0.2, 0.25) is 5.02 Å². The van der Waals surface area contributed by atoms with Crippen LogP contribution in [0.5, 0.6) is 0 Å². The number of halogens is 1. The summed E-state index contributed by atoms with van der Waals surface area (Å²) in [5.74, 6) is -0.329. The molecule has 0 radical (unpaired) electrons. The van der Waals surface area contributed by atoms with Crippen molar-refractivity contribution in [2.24, 2.45) is 0 Å². The van der Waals surface area contributed by atoms with Crippen molar-refractivity contribution >= 4 is 44.2 Å². The number of amides is 1. The number of anilines is 1. The molecule has 1 amide bonds. The van der Waals surface area contributed by atoms with Gasteiger partial charge in [0.1, 0.15) is 6.54 Å². The van der Waals surface area contributed by atoms with Gasteiger partial charge in [0, 0.05) is 16.3 Å². The number of hydrogen-bond acceptors (Lipinski definition) is 5. The molecule has 0 saturated carbocycles. The Morgan fingerprint density at radius 1 is 1.29 bits per heavy atom. The molecular weight excluding hydrogens is 348 g/mol. The van der Waals surface area contributed by atoms with Crippen molar-refractivity contribution in [1.29, 1.82) is 0 Å². The van der Waals surface area contributed by atoms with Gasteiger partial charge in [0.05, 0.1) is 16.5 Å². The number of carbonyl (C=O) groups is 1. The zero-order chi connectivity index (χ0) is 17.4. The first-order valence-corrected chi connectivity index (χ1v) is 8.44. The van der Waals surface area contributed by atoms with Crippen LogP contribution in [-0.4, -0.2) is 20.4 Å². The molecule has 3 rings (SSSR count). The molecule has 0 spiro atoms. The lowest BCUT2D eigenvalue weighted by Crippen LogP contribution is -2.29. The van der Waals surface area contributed by atoms with Crippen LogP contribution in [0.3, 0.4) is 0 Å². The number of carbonyl (C=O) groups excluding carboxylic acids is 1. The van der Waals surface area contributed by atoms with Crippen LogP contribution in [0.1, 0.15) is 16.8 Å². The predicted octanol–water partition coefficient (Wildman–Crippen LogP) is 3.07. The fourth-order valence-electron chi connectivity index (χ4n) is 2.26. The fraction of sp³-hybridized carbons (Fsp3) is 0.250. The molecule has 0 atom stereocenters. The zero-order valence-corrected chi connectivity index (χ0v) is 15.0. The zero-order valence-electron chi connectivity index (χ0n) is 13.4. The van der Waals surface area contributed by atoms with Gasteiger partial charge < -0.3 is 5.32 Å². The molecule has 0 saturated heterocycles. The third-order valence-electron chi connectivity index (χ3n) is 3.82. The minimum atomic E-state index is -0.329. The van der Waals surface area contributed by atoms with Gasteiger partial charge in [-0.3, -0.25) is 14.2 Å². The molecule has 0 bridgehead atoms. The highest BCUT2D eigenvalue weighted by Gasteiger charge is 2.12. The van der Waals surface area contributed by atoms with E-state index in [0.717, 1.165) is 15.8 Å². The van der Waals surface area contributed by atoms with E-state index in [2.05, 4.69) is 15.3 Å². The molecule has 2 heterocycles. The van der Waals surface area contributed by atoms with Crippen LogP contribution in [0, 0.1) is 20.8 Å². The number of hydrogen-bond donors (Lipinski definition) is 1. The van der Waals surface area contributed by atoms with Gasteiger partial charge in [-0.25, -0.2) is 9.97 Å². The Balaban J connectivity index is 1.82. The van der Waals surface area contributed by atoms with Gasteiger partial charge in [0.15, 0.2) is 5.13 Å². The van der Waals surface area contributed by atoms with Crippen molar-refractivity contribution in [3.05, 3.63) is 50.7 Å². The molecule has 0 unspecified atom stereocenters. The van der Waals surface area contributed by atoms with Crippen LogP contribution >= 0.6 is 22.9 Å². The Bertz CT molecular complexity index is 1010. The predicted molar refractivity (Wildman–Crippen MR) is 96.0 cm³/mol. The number of aryl methyl sites for hydroxylation is 2. The number of fused-ring (bicyclic) bond motifs is 1. The number of rotatable bonds is 3. The van der Waals surface area contributed by atoms with E-state index in [9.17, 15) is 9.59 Å². The Kier molecular flexibility index (Phi) is 4.38. The minimum absolute atomic E-state index is 0.109. The molecule has 8 heteroatoms. The molecule has 3 aromatic rings. The lowest BCUT2D eigenvalue weighted by Gasteiger charge is -2.07. The van der Waals surface area contributed by atoms with Crippen molar-refractivity contribution in [1.82, 2.24) is 14.5 Å². The second-order valence-corrected chi connectivity index (χ2v) is 6.91. The topological polar surface area (TPSA) is 76.9 Å². The molecular formula is C16H15ClN4O2S. The van der Waals surface area contributed by atoms with E-state index < -0.39 is 0 Å². The van der Waals surface area contributed by atoms with Gasteiger partial charge in [-0.2, -0.15) is 0 Å². The van der Waals surface area contributed by atoms with Crippen LogP contribution in [0.25, 0.3) is 10.2 Å². The second-order valence-electron chi connectivity index (χ2n) is 5.47. The maximum absolute atomic E-state index is 12.2. The second kappa shape index (κ2) is 6.33. The first-order chi connectivity index (χ1) is 11.4. The molecule has 124 valence electrons. The Morgan fingerprint density at radius 2 is 2.04 bits per heavy atom. The minimum Gasteiger partial charge on any atom is -0.300 e. The van der Waals surface area contributed by atoms with Crippen LogP contribution in [0.4, 0.5) is 5.13 Å². The fourth-order valence-corrected chi connectivity index (χ4v) is 3.35. The molecule has 0 fully saturated rings. The summed E-state index contributed by atoms with van der Waals surface area (Å²) >= 11 is 7.45. The number of aromatic nitrogens is 3. The molecule has 1 N–H and O–H groups in total. The summed E-state index contributed by atoms with van der Waals surface area (Å²) in [5.41, 5.74) is 2.63. The van der Waals surface area contributed by atoms with Gasteiger partial charge in [-0.05, 0) is 38.5 Å². The normalized spacial score (nSPS) is 11.0. The largest absolute Gasteiger partial charge is 0.300 e. The molecule has 2 aromatic heterocycles. The van der Waals surface area contributed by atoms with E-state index in [0.29, 0.717) is 21.4 Å². The summed E-state index contributed by atoms with van der Waals surface area (Å²) < 4.78 is 2.23. The van der Waals surface area contributed by atoms with Gasteiger partial charge in [0.25, 0.3) is 5.56 Å². The first-order valence-electron chi connectivity index (χ1n) is 7.25. The molecule has 0 aliphatic rings. The summed E-state index contributed by atoms with van der Waals surface area (Å²) in [5, 5.41) is 3.84. The van der Waals surface area contributed by atoms with E-state index in [4.69, 9.17) is 11.6 Å². The van der Waals surface area contributed by atoms with Crippen molar-refractivity contribution < 1.29 is 4.79 Å². The van der Waals surface area contributed by atoms with Gasteiger partial charge in [-0.15, -0.1) is 0 Å². The standard InChI is InChI=1S/C16H15ClN4O2S/c1-8-10(3)18-7-21(15(8)23)6-13(22)19-16-20-14-9(2)11(17)4-5-12(14)24-16/h4-5,7H,6H2,1-3H3,(H,19,20,22). The average Bonchev–Trinajstić information content (AvgIpc) is 2.95. The number of benzene rings is 1. The molecule has 6 nitrogen and oxygen atoms in total. The quantitative estimate of drug-likeness (QED) is 0.776. The van der Waals surface area contributed by atoms with E-state index in [-0.39, 0.29) is 18.0 Å². The SMILES string of the molecule is Cc1ncn(CC(=O)Nc2nc3c(C)c(Cl)ccc3s2)c(=O)c1C. The highest BCUT2D eigenvalue weighted by Crippen LogP contribution is 2.31. The van der Waals surface area contributed by atoms with Crippen LogP contribution in [-0.2, 0) is 11.3 Å². The van der Waals surface area contributed by atoms with E-state index in [1.807, 2.05) is 19.1 Å². The molecule has 0 aliphatic heterocycles. The summed E-state index contributed by atoms with van der Waals surface area (Å²) in [6.07, 6.45) is 1.38. The lowest BCUT2D eigenvalue weighted by molar-refractivity contribution is -0.116. The summed E-state index contributed by atoms with van der Waals surface area (Å²) in [4.78, 5) is 32.8. The summed E-state index contributed by atoms with van der Waals surface area (Å²) in [6.45, 7) is 5.23. The summed E-state index contributed by atoms with van der Waals surface area (Å²) in [6, 6.07) is 3.68. The highest BCUT2D eigenvalue weighted by atomic mass is 35.5. The van der Waals surface area contributed by atoms with Crippen molar-refractivity contribution in [2.75, 3.05) is 5.32 Å². The number of nitrogens with one attached hydrogen (secondary N) is 1. The maximum atomic E-state index is 12.2. The molecule has 0 aliphatic carbocycles. The molecule has 24 heavy (non-hydrogen) atoms. The van der Waals surface area contributed by atoms with E-state index >= 15 is 0 Å². The Hall–Kier alpha value is -2.25. The summed E-state index contributed by atoms with van der Waals surface area (Å²) in [7, 11) is 0. The van der Waals surface area contributed by atoms with Gasteiger partial charge >= 0.3 is 0 Å². The third-order valence-corrected chi connectivity index (χ3v) is 5.17.